The van der Waals surface area contributed by atoms with Crippen molar-refractivity contribution < 1.29 is 9.47 Å². The van der Waals surface area contributed by atoms with Crippen LogP contribution in [0.2, 0.25) is 0 Å². The molecule has 0 saturated heterocycles. The molecule has 102 valence electrons. The van der Waals surface area contributed by atoms with E-state index in [1.807, 2.05) is 24.3 Å². The SMILES string of the molecule is CCCNCCCCOc1cccc(COC)c1. The summed E-state index contributed by atoms with van der Waals surface area (Å²) in [6.07, 6.45) is 3.45. The fourth-order valence-corrected chi connectivity index (χ4v) is 1.74. The zero-order valence-electron chi connectivity index (χ0n) is 11.6. The molecule has 18 heavy (non-hydrogen) atoms. The fourth-order valence-electron chi connectivity index (χ4n) is 1.74. The number of benzene rings is 1. The van der Waals surface area contributed by atoms with E-state index >= 15 is 0 Å². The van der Waals surface area contributed by atoms with Crippen LogP contribution < -0.4 is 10.1 Å². The second-order valence-corrected chi connectivity index (χ2v) is 4.39. The largest absolute Gasteiger partial charge is 0.494 e. The van der Waals surface area contributed by atoms with Gasteiger partial charge in [-0.3, -0.25) is 0 Å². The first-order valence-electron chi connectivity index (χ1n) is 6.78. The lowest BCUT2D eigenvalue weighted by molar-refractivity contribution is 0.184. The van der Waals surface area contributed by atoms with Crippen LogP contribution in [0.15, 0.2) is 24.3 Å². The molecule has 0 unspecified atom stereocenters. The summed E-state index contributed by atoms with van der Waals surface area (Å²) in [5, 5.41) is 3.39. The minimum atomic E-state index is 0.637. The average Bonchev–Trinajstić information content (AvgIpc) is 2.39. The highest BCUT2D eigenvalue weighted by molar-refractivity contribution is 5.28. The molecular weight excluding hydrogens is 226 g/mol. The van der Waals surface area contributed by atoms with E-state index in [1.165, 1.54) is 6.42 Å². The molecule has 1 aromatic rings. The summed E-state index contributed by atoms with van der Waals surface area (Å²) in [5.41, 5.74) is 1.15. The van der Waals surface area contributed by atoms with E-state index in [2.05, 4.69) is 12.2 Å². The second-order valence-electron chi connectivity index (χ2n) is 4.39. The van der Waals surface area contributed by atoms with Gasteiger partial charge in [-0.05, 0) is 50.0 Å². The third kappa shape index (κ3) is 6.62. The van der Waals surface area contributed by atoms with Crippen molar-refractivity contribution in [2.75, 3.05) is 26.8 Å². The molecule has 0 heterocycles. The number of rotatable bonds is 10. The Morgan fingerprint density at radius 3 is 2.83 bits per heavy atom. The number of methoxy groups -OCH3 is 1. The van der Waals surface area contributed by atoms with Crippen LogP contribution in [0.5, 0.6) is 5.75 Å². The third-order valence-electron chi connectivity index (χ3n) is 2.65. The lowest BCUT2D eigenvalue weighted by Crippen LogP contribution is -2.16. The summed E-state index contributed by atoms with van der Waals surface area (Å²) >= 11 is 0. The number of unbranched alkanes of at least 4 members (excludes halogenated alkanes) is 1. The molecule has 1 aromatic carbocycles. The second kappa shape index (κ2) is 9.92. The van der Waals surface area contributed by atoms with E-state index < -0.39 is 0 Å². The van der Waals surface area contributed by atoms with Gasteiger partial charge in [0.15, 0.2) is 0 Å². The number of hydrogen-bond acceptors (Lipinski definition) is 3. The molecule has 0 fully saturated rings. The summed E-state index contributed by atoms with van der Waals surface area (Å²) in [5.74, 6) is 0.936. The van der Waals surface area contributed by atoms with Crippen LogP contribution in [-0.4, -0.2) is 26.8 Å². The lowest BCUT2D eigenvalue weighted by atomic mass is 10.2. The summed E-state index contributed by atoms with van der Waals surface area (Å²) in [6, 6.07) is 8.09. The molecule has 0 atom stereocenters. The Labute approximate surface area is 110 Å². The Bertz CT molecular complexity index is 315. The Morgan fingerprint density at radius 2 is 2.06 bits per heavy atom. The van der Waals surface area contributed by atoms with Crippen LogP contribution in [0.3, 0.4) is 0 Å². The highest BCUT2D eigenvalue weighted by Crippen LogP contribution is 2.14. The highest BCUT2D eigenvalue weighted by Gasteiger charge is 1.97. The van der Waals surface area contributed by atoms with Crippen LogP contribution in [0.25, 0.3) is 0 Å². The molecule has 0 spiro atoms. The Hall–Kier alpha value is -1.06. The first-order valence-corrected chi connectivity index (χ1v) is 6.78. The third-order valence-corrected chi connectivity index (χ3v) is 2.65. The normalized spacial score (nSPS) is 10.6. The van der Waals surface area contributed by atoms with Crippen molar-refractivity contribution in [3.05, 3.63) is 29.8 Å². The Balaban J connectivity index is 2.13. The van der Waals surface area contributed by atoms with Gasteiger partial charge >= 0.3 is 0 Å². The fraction of sp³-hybridized carbons (Fsp3) is 0.600. The number of ether oxygens (including phenoxy) is 2. The smallest absolute Gasteiger partial charge is 0.119 e. The van der Waals surface area contributed by atoms with E-state index in [0.717, 1.165) is 43.9 Å². The first-order chi connectivity index (χ1) is 8.86. The van der Waals surface area contributed by atoms with Crippen LogP contribution in [-0.2, 0) is 11.3 Å². The quantitative estimate of drug-likeness (QED) is 0.648. The molecule has 0 amide bonds. The van der Waals surface area contributed by atoms with Gasteiger partial charge in [-0.25, -0.2) is 0 Å². The zero-order chi connectivity index (χ0) is 13.1. The van der Waals surface area contributed by atoms with Crippen LogP contribution in [0.1, 0.15) is 31.7 Å². The van der Waals surface area contributed by atoms with Crippen molar-refractivity contribution >= 4 is 0 Å². The molecule has 3 nitrogen and oxygen atoms in total. The van der Waals surface area contributed by atoms with E-state index in [0.29, 0.717) is 6.61 Å². The maximum atomic E-state index is 5.72. The van der Waals surface area contributed by atoms with Gasteiger partial charge < -0.3 is 14.8 Å². The van der Waals surface area contributed by atoms with Crippen molar-refractivity contribution in [1.82, 2.24) is 5.32 Å². The van der Waals surface area contributed by atoms with Gasteiger partial charge in [0.05, 0.1) is 13.2 Å². The Morgan fingerprint density at radius 1 is 1.17 bits per heavy atom. The molecule has 3 heteroatoms. The minimum Gasteiger partial charge on any atom is -0.494 e. The van der Waals surface area contributed by atoms with Crippen LogP contribution in [0.4, 0.5) is 0 Å². The standard InChI is InChI=1S/C15H25NO2/c1-3-9-16-10-4-5-11-18-15-8-6-7-14(12-15)13-17-2/h6-8,12,16H,3-5,9-11,13H2,1-2H3. The minimum absolute atomic E-state index is 0.637. The van der Waals surface area contributed by atoms with Gasteiger partial charge in [0.1, 0.15) is 5.75 Å². The van der Waals surface area contributed by atoms with Crippen molar-refractivity contribution in [3.8, 4) is 5.75 Å². The van der Waals surface area contributed by atoms with E-state index in [1.54, 1.807) is 7.11 Å². The summed E-state index contributed by atoms with van der Waals surface area (Å²) in [7, 11) is 1.71. The van der Waals surface area contributed by atoms with Gasteiger partial charge in [0, 0.05) is 7.11 Å². The van der Waals surface area contributed by atoms with Gasteiger partial charge in [-0.2, -0.15) is 0 Å². The molecule has 0 radical (unpaired) electrons. The molecule has 0 aliphatic carbocycles. The maximum Gasteiger partial charge on any atom is 0.119 e. The summed E-state index contributed by atoms with van der Waals surface area (Å²) < 4.78 is 10.8. The van der Waals surface area contributed by atoms with E-state index in [4.69, 9.17) is 9.47 Å². The molecule has 1 N–H and O–H groups in total. The van der Waals surface area contributed by atoms with Crippen molar-refractivity contribution in [2.45, 2.75) is 32.8 Å². The summed E-state index contributed by atoms with van der Waals surface area (Å²) in [4.78, 5) is 0. The lowest BCUT2D eigenvalue weighted by Gasteiger charge is -2.08. The van der Waals surface area contributed by atoms with Gasteiger partial charge in [0.2, 0.25) is 0 Å². The van der Waals surface area contributed by atoms with Crippen molar-refractivity contribution in [2.24, 2.45) is 0 Å². The predicted octanol–water partition coefficient (Wildman–Crippen LogP) is 2.99. The number of nitrogens with one attached hydrogen (secondary N) is 1. The molecular formula is C15H25NO2. The van der Waals surface area contributed by atoms with Crippen molar-refractivity contribution in [1.29, 1.82) is 0 Å². The average molecular weight is 251 g/mol. The summed E-state index contributed by atoms with van der Waals surface area (Å²) in [6.45, 7) is 5.80. The van der Waals surface area contributed by atoms with Crippen LogP contribution >= 0.6 is 0 Å². The molecule has 1 rings (SSSR count). The van der Waals surface area contributed by atoms with E-state index in [-0.39, 0.29) is 0 Å². The topological polar surface area (TPSA) is 30.5 Å². The maximum absolute atomic E-state index is 5.72. The first kappa shape index (κ1) is 15.0. The zero-order valence-corrected chi connectivity index (χ0v) is 11.6. The van der Waals surface area contributed by atoms with Crippen LogP contribution in [0, 0.1) is 0 Å². The highest BCUT2D eigenvalue weighted by atomic mass is 16.5. The number of hydrogen-bond donors (Lipinski definition) is 1. The molecule has 0 aromatic heterocycles. The van der Waals surface area contributed by atoms with Crippen molar-refractivity contribution in [3.63, 3.8) is 0 Å². The van der Waals surface area contributed by atoms with Gasteiger partial charge in [-0.15, -0.1) is 0 Å². The van der Waals surface area contributed by atoms with Gasteiger partial charge in [0.25, 0.3) is 0 Å². The van der Waals surface area contributed by atoms with Gasteiger partial charge in [-0.1, -0.05) is 19.1 Å². The molecule has 0 aliphatic heterocycles. The molecule has 0 saturated carbocycles. The Kier molecular flexibility index (Phi) is 8.26. The monoisotopic (exact) mass is 251 g/mol. The van der Waals surface area contributed by atoms with E-state index in [9.17, 15) is 0 Å². The molecule has 0 bridgehead atoms. The molecule has 0 aliphatic rings. The predicted molar refractivity (Wildman–Crippen MR) is 75.0 cm³/mol.